The number of aryl methyl sites for hydroxylation is 1. The van der Waals surface area contributed by atoms with E-state index in [0.29, 0.717) is 45.8 Å². The Labute approximate surface area is 264 Å². The molecule has 1 atom stereocenters. The van der Waals surface area contributed by atoms with Crippen LogP contribution in [-0.4, -0.2) is 41.5 Å². The van der Waals surface area contributed by atoms with Crippen molar-refractivity contribution in [1.29, 1.82) is 0 Å². The van der Waals surface area contributed by atoms with Crippen molar-refractivity contribution in [3.05, 3.63) is 130 Å². The molecule has 0 saturated heterocycles. The van der Waals surface area contributed by atoms with Crippen LogP contribution in [0, 0.1) is 5.82 Å². The second-order valence-corrected chi connectivity index (χ2v) is 10.9. The monoisotopic (exact) mass is 620 g/mol. The summed E-state index contributed by atoms with van der Waals surface area (Å²) in [6, 6.07) is 25.3. The van der Waals surface area contributed by atoms with Crippen LogP contribution in [0.4, 0.5) is 14.9 Å². The van der Waals surface area contributed by atoms with Crippen molar-refractivity contribution in [1.82, 2.24) is 14.9 Å². The van der Waals surface area contributed by atoms with Crippen molar-refractivity contribution >= 4 is 33.5 Å². The van der Waals surface area contributed by atoms with Gasteiger partial charge in [-0.15, -0.1) is 0 Å². The van der Waals surface area contributed by atoms with Gasteiger partial charge in [0.1, 0.15) is 23.1 Å². The van der Waals surface area contributed by atoms with Crippen molar-refractivity contribution in [3.8, 4) is 17.2 Å². The number of hydrogen-bond acceptors (Lipinski definition) is 5. The average molecular weight is 621 g/mol. The van der Waals surface area contributed by atoms with Crippen LogP contribution < -0.4 is 25.7 Å². The SMILES string of the molecule is COc1ccc2[nH]c(C(c3cccc(F)c3)c3c(O)c4ccccc4n(C)c3=O)c(CCNC(=O)Nc3ccccc3OC)c2c1. The first-order valence-corrected chi connectivity index (χ1v) is 14.7. The first-order valence-electron chi connectivity index (χ1n) is 14.7. The molecule has 46 heavy (non-hydrogen) atoms. The number of anilines is 1. The van der Waals surface area contributed by atoms with Gasteiger partial charge in [0.05, 0.1) is 36.9 Å². The molecular formula is C36H33FN4O5. The summed E-state index contributed by atoms with van der Waals surface area (Å²) in [5, 5.41) is 18.7. The Hall–Kier alpha value is -5.77. The number of methoxy groups -OCH3 is 2. The highest BCUT2D eigenvalue weighted by Crippen LogP contribution is 2.41. The quantitative estimate of drug-likeness (QED) is 0.149. The molecule has 6 aromatic rings. The number of carbonyl (C=O) groups excluding carboxylic acids is 1. The number of carbonyl (C=O) groups is 1. The summed E-state index contributed by atoms with van der Waals surface area (Å²) in [6.45, 7) is 0.218. The number of nitrogens with one attached hydrogen (secondary N) is 3. The lowest BCUT2D eigenvalue weighted by Crippen LogP contribution is -2.31. The number of nitrogens with zero attached hydrogens (tertiary/aromatic N) is 1. The van der Waals surface area contributed by atoms with Gasteiger partial charge in [-0.2, -0.15) is 0 Å². The van der Waals surface area contributed by atoms with Crippen LogP contribution in [0.2, 0.25) is 0 Å². The second kappa shape index (κ2) is 12.7. The molecule has 0 fully saturated rings. The van der Waals surface area contributed by atoms with Crippen molar-refractivity contribution in [3.63, 3.8) is 0 Å². The normalized spacial score (nSPS) is 11.8. The van der Waals surface area contributed by atoms with Crippen LogP contribution in [0.5, 0.6) is 17.2 Å². The van der Waals surface area contributed by atoms with Gasteiger partial charge in [-0.3, -0.25) is 4.79 Å². The Kier molecular flexibility index (Phi) is 8.35. The summed E-state index contributed by atoms with van der Waals surface area (Å²) >= 11 is 0. The third-order valence-electron chi connectivity index (χ3n) is 8.23. The number of benzene rings is 4. The third kappa shape index (κ3) is 5.61. The first kappa shape index (κ1) is 30.3. The van der Waals surface area contributed by atoms with Crippen molar-refractivity contribution in [2.75, 3.05) is 26.1 Å². The number of rotatable bonds is 9. The summed E-state index contributed by atoms with van der Waals surface area (Å²) in [5.74, 6) is -0.390. The number of aromatic amines is 1. The molecule has 0 aliphatic heterocycles. The Morgan fingerprint density at radius 3 is 2.52 bits per heavy atom. The predicted octanol–water partition coefficient (Wildman–Crippen LogP) is 6.43. The zero-order valence-electron chi connectivity index (χ0n) is 25.6. The van der Waals surface area contributed by atoms with Gasteiger partial charge < -0.3 is 34.8 Å². The lowest BCUT2D eigenvalue weighted by molar-refractivity contribution is 0.252. The molecule has 0 aliphatic rings. The van der Waals surface area contributed by atoms with Gasteiger partial charge >= 0.3 is 6.03 Å². The van der Waals surface area contributed by atoms with E-state index in [1.807, 2.05) is 24.3 Å². The largest absolute Gasteiger partial charge is 0.507 e. The molecule has 4 N–H and O–H groups in total. The van der Waals surface area contributed by atoms with E-state index >= 15 is 0 Å². The molecule has 2 amide bonds. The molecule has 0 radical (unpaired) electrons. The molecule has 10 heteroatoms. The number of amides is 2. The number of aromatic hydroxyl groups is 1. The van der Waals surface area contributed by atoms with Crippen LogP contribution >= 0.6 is 0 Å². The number of H-pyrrole nitrogens is 1. The second-order valence-electron chi connectivity index (χ2n) is 10.9. The fourth-order valence-electron chi connectivity index (χ4n) is 6.03. The van der Waals surface area contributed by atoms with E-state index in [0.717, 1.165) is 16.5 Å². The molecular weight excluding hydrogens is 587 g/mol. The topological polar surface area (TPSA) is 118 Å². The molecule has 9 nitrogen and oxygen atoms in total. The van der Waals surface area contributed by atoms with Gasteiger partial charge in [0.2, 0.25) is 0 Å². The number of halogens is 1. The highest BCUT2D eigenvalue weighted by Gasteiger charge is 2.30. The minimum absolute atomic E-state index is 0.105. The zero-order chi connectivity index (χ0) is 32.4. The van der Waals surface area contributed by atoms with Gasteiger partial charge in [-0.05, 0) is 72.1 Å². The maximum Gasteiger partial charge on any atom is 0.319 e. The van der Waals surface area contributed by atoms with Crippen molar-refractivity contribution < 1.29 is 23.8 Å². The van der Waals surface area contributed by atoms with Crippen molar-refractivity contribution in [2.45, 2.75) is 12.3 Å². The number of pyridine rings is 1. The van der Waals surface area contributed by atoms with E-state index in [1.54, 1.807) is 68.8 Å². The molecule has 0 saturated carbocycles. The molecule has 0 aliphatic carbocycles. The minimum Gasteiger partial charge on any atom is -0.507 e. The Morgan fingerprint density at radius 1 is 0.957 bits per heavy atom. The van der Waals surface area contributed by atoms with Gasteiger partial charge in [0, 0.05) is 35.6 Å². The summed E-state index contributed by atoms with van der Waals surface area (Å²) < 4.78 is 27.1. The van der Waals surface area contributed by atoms with Gasteiger partial charge in [-0.25, -0.2) is 9.18 Å². The Bertz CT molecular complexity index is 2140. The van der Waals surface area contributed by atoms with Gasteiger partial charge in [0.25, 0.3) is 5.56 Å². The smallest absolute Gasteiger partial charge is 0.319 e. The fraction of sp³-hybridized carbons (Fsp3) is 0.167. The highest BCUT2D eigenvalue weighted by molar-refractivity contribution is 5.91. The van der Waals surface area contributed by atoms with Gasteiger partial charge in [0.15, 0.2) is 0 Å². The number of hydrogen-bond donors (Lipinski definition) is 4. The average Bonchev–Trinajstić information content (AvgIpc) is 3.42. The molecule has 6 rings (SSSR count). The molecule has 0 spiro atoms. The summed E-state index contributed by atoms with van der Waals surface area (Å²) in [4.78, 5) is 30.4. The van der Waals surface area contributed by atoms with Crippen LogP contribution in [0.1, 0.15) is 28.3 Å². The predicted molar refractivity (Wildman–Crippen MR) is 177 cm³/mol. The standard InChI is InChI=1S/C36H33FN4O5/c1-41-29-13-6-4-11-25(29)34(42)32(35(41)43)31(21-9-8-10-22(37)19-21)33-24(26-20-23(45-2)15-16-27(26)39-33)17-18-38-36(44)40-28-12-5-7-14-30(28)46-3/h4-16,19-20,31,39,42H,17-18H2,1-3H3,(H2,38,40,44). The molecule has 234 valence electrons. The van der Waals surface area contributed by atoms with E-state index in [9.17, 15) is 19.1 Å². The highest BCUT2D eigenvalue weighted by atomic mass is 19.1. The lowest BCUT2D eigenvalue weighted by atomic mass is 9.85. The Balaban J connectivity index is 1.48. The van der Waals surface area contributed by atoms with Crippen LogP contribution in [-0.2, 0) is 13.5 Å². The van der Waals surface area contributed by atoms with Crippen molar-refractivity contribution in [2.24, 2.45) is 7.05 Å². The fourth-order valence-corrected chi connectivity index (χ4v) is 6.03. The molecule has 2 heterocycles. The lowest BCUT2D eigenvalue weighted by Gasteiger charge is -2.22. The maximum atomic E-state index is 14.8. The van der Waals surface area contributed by atoms with Crippen LogP contribution in [0.25, 0.3) is 21.8 Å². The third-order valence-corrected chi connectivity index (χ3v) is 8.23. The Morgan fingerprint density at radius 2 is 1.74 bits per heavy atom. The van der Waals surface area contributed by atoms with E-state index in [4.69, 9.17) is 9.47 Å². The summed E-state index contributed by atoms with van der Waals surface area (Å²) in [5.41, 5.74) is 3.37. The van der Waals surface area contributed by atoms with E-state index in [1.165, 1.54) is 23.8 Å². The molecule has 4 aromatic carbocycles. The maximum absolute atomic E-state index is 14.8. The van der Waals surface area contributed by atoms with E-state index in [-0.39, 0.29) is 17.9 Å². The molecule has 0 bridgehead atoms. The van der Waals surface area contributed by atoms with Gasteiger partial charge in [-0.1, -0.05) is 36.4 Å². The number of ether oxygens (including phenoxy) is 2. The minimum atomic E-state index is -0.880. The summed E-state index contributed by atoms with van der Waals surface area (Å²) in [7, 11) is 4.75. The number of urea groups is 1. The van der Waals surface area contributed by atoms with Crippen LogP contribution in [0.15, 0.2) is 95.8 Å². The zero-order valence-corrected chi connectivity index (χ0v) is 25.6. The van der Waals surface area contributed by atoms with Crippen LogP contribution in [0.3, 0.4) is 0 Å². The number of aromatic nitrogens is 2. The van der Waals surface area contributed by atoms with E-state index in [2.05, 4.69) is 15.6 Å². The molecule has 1 unspecified atom stereocenters. The number of fused-ring (bicyclic) bond motifs is 2. The van der Waals surface area contributed by atoms with E-state index < -0.39 is 23.3 Å². The number of para-hydroxylation sites is 3. The molecule has 2 aromatic heterocycles. The first-order chi connectivity index (χ1) is 22.3. The summed E-state index contributed by atoms with van der Waals surface area (Å²) in [6.07, 6.45) is 0.336.